The monoisotopic (exact) mass is 283 g/mol. The van der Waals surface area contributed by atoms with Crippen LogP contribution in [0, 0.1) is 0 Å². The lowest BCUT2D eigenvalue weighted by Gasteiger charge is -2.12. The Kier molecular flexibility index (Phi) is 3.93. The first-order chi connectivity index (χ1) is 7.24. The smallest absolute Gasteiger partial charge is 0.235 e. The number of anilines is 1. The summed E-state index contributed by atoms with van der Waals surface area (Å²) >= 11 is 11.4. The zero-order valence-corrected chi connectivity index (χ0v) is 11.0. The number of hydrogen-bond acceptors (Lipinski definition) is 3. The molecule has 0 saturated carbocycles. The van der Waals surface area contributed by atoms with Gasteiger partial charge in [-0.2, -0.15) is 0 Å². The van der Waals surface area contributed by atoms with E-state index in [9.17, 15) is 13.5 Å². The van der Waals surface area contributed by atoms with Crippen LogP contribution in [0.5, 0.6) is 5.75 Å². The van der Waals surface area contributed by atoms with Gasteiger partial charge in [0.05, 0.1) is 16.0 Å². The molecule has 1 aromatic carbocycles. The molecule has 0 aliphatic heterocycles. The Hall–Kier alpha value is -0.650. The van der Waals surface area contributed by atoms with Crippen molar-refractivity contribution < 1.29 is 13.5 Å². The van der Waals surface area contributed by atoms with Gasteiger partial charge in [-0.15, -0.1) is 0 Å². The minimum atomic E-state index is -3.53. The molecule has 0 bridgehead atoms. The van der Waals surface area contributed by atoms with Crippen molar-refractivity contribution in [2.45, 2.75) is 19.1 Å². The lowest BCUT2D eigenvalue weighted by atomic mass is 10.3. The van der Waals surface area contributed by atoms with Crippen LogP contribution in [-0.4, -0.2) is 18.8 Å². The summed E-state index contributed by atoms with van der Waals surface area (Å²) in [5.74, 6) is -0.338. The summed E-state index contributed by atoms with van der Waals surface area (Å²) in [4.78, 5) is 0. The molecule has 90 valence electrons. The van der Waals surface area contributed by atoms with Crippen molar-refractivity contribution in [1.29, 1.82) is 0 Å². The molecule has 0 aromatic heterocycles. The van der Waals surface area contributed by atoms with E-state index in [1.807, 2.05) is 0 Å². The van der Waals surface area contributed by atoms with Crippen LogP contribution in [0.4, 0.5) is 5.69 Å². The molecule has 0 radical (unpaired) electrons. The van der Waals surface area contributed by atoms with E-state index < -0.39 is 15.3 Å². The Labute approximate surface area is 104 Å². The molecule has 16 heavy (non-hydrogen) atoms. The zero-order chi connectivity index (χ0) is 12.5. The first-order valence-corrected chi connectivity index (χ1v) is 6.74. The lowest BCUT2D eigenvalue weighted by Crippen LogP contribution is -2.22. The number of phenols is 1. The van der Waals surface area contributed by atoms with Crippen molar-refractivity contribution in [3.05, 3.63) is 22.2 Å². The molecule has 1 aromatic rings. The van der Waals surface area contributed by atoms with Gasteiger partial charge < -0.3 is 5.11 Å². The first-order valence-electron chi connectivity index (χ1n) is 4.43. The van der Waals surface area contributed by atoms with Crippen LogP contribution in [0.25, 0.3) is 0 Å². The molecule has 4 nitrogen and oxygen atoms in total. The molecule has 0 aliphatic rings. The van der Waals surface area contributed by atoms with Crippen molar-refractivity contribution in [1.82, 2.24) is 0 Å². The van der Waals surface area contributed by atoms with Gasteiger partial charge in [0.25, 0.3) is 0 Å². The summed E-state index contributed by atoms with van der Waals surface area (Å²) in [5, 5.41) is 9.16. The average Bonchev–Trinajstić information content (AvgIpc) is 2.12. The maximum atomic E-state index is 11.6. The minimum Gasteiger partial charge on any atom is -0.504 e. The third-order valence-corrected chi connectivity index (χ3v) is 4.15. The molecule has 1 rings (SSSR count). The molecule has 0 heterocycles. The van der Waals surface area contributed by atoms with Gasteiger partial charge in [-0.1, -0.05) is 23.2 Å². The molecule has 0 atom stereocenters. The molecule has 0 saturated heterocycles. The Morgan fingerprint density at radius 1 is 1.31 bits per heavy atom. The summed E-state index contributed by atoms with van der Waals surface area (Å²) in [7, 11) is -3.53. The highest BCUT2D eigenvalue weighted by Crippen LogP contribution is 2.35. The highest BCUT2D eigenvalue weighted by Gasteiger charge is 2.18. The van der Waals surface area contributed by atoms with E-state index in [1.165, 1.54) is 26.0 Å². The summed E-state index contributed by atoms with van der Waals surface area (Å²) in [6.45, 7) is 3.04. The van der Waals surface area contributed by atoms with Gasteiger partial charge in [-0.25, -0.2) is 8.42 Å². The molecule has 0 unspecified atom stereocenters. The molecule has 2 N–H and O–H groups in total. The van der Waals surface area contributed by atoms with Crippen molar-refractivity contribution in [2.24, 2.45) is 0 Å². The van der Waals surface area contributed by atoms with E-state index in [0.29, 0.717) is 0 Å². The average molecular weight is 284 g/mol. The summed E-state index contributed by atoms with van der Waals surface area (Å²) < 4.78 is 25.4. The van der Waals surface area contributed by atoms with Gasteiger partial charge in [-0.05, 0) is 26.0 Å². The fraction of sp³-hybridized carbons (Fsp3) is 0.333. The number of benzene rings is 1. The van der Waals surface area contributed by atoms with Crippen molar-refractivity contribution in [3.63, 3.8) is 0 Å². The van der Waals surface area contributed by atoms with Gasteiger partial charge in [0.2, 0.25) is 10.0 Å². The number of halogens is 2. The molecule has 7 heteroatoms. The topological polar surface area (TPSA) is 66.4 Å². The Morgan fingerprint density at radius 2 is 1.88 bits per heavy atom. The third-order valence-electron chi connectivity index (χ3n) is 1.90. The number of aromatic hydroxyl groups is 1. The van der Waals surface area contributed by atoms with Crippen LogP contribution in [-0.2, 0) is 10.0 Å². The van der Waals surface area contributed by atoms with E-state index in [-0.39, 0.29) is 21.5 Å². The minimum absolute atomic E-state index is 0.00560. The maximum absolute atomic E-state index is 11.6. The predicted octanol–water partition coefficient (Wildman–Crippen LogP) is 2.85. The molecule has 0 spiro atoms. The van der Waals surface area contributed by atoms with Gasteiger partial charge in [-0.3, -0.25) is 4.72 Å². The zero-order valence-electron chi connectivity index (χ0n) is 8.66. The fourth-order valence-electron chi connectivity index (χ4n) is 0.915. The number of phenolic OH excluding ortho intramolecular Hbond substituents is 1. The lowest BCUT2D eigenvalue weighted by molar-refractivity contribution is 0.478. The number of nitrogens with one attached hydrogen (secondary N) is 1. The van der Waals surface area contributed by atoms with Crippen LogP contribution >= 0.6 is 23.2 Å². The Balaban J connectivity index is 3.17. The summed E-state index contributed by atoms with van der Waals surface area (Å²) in [6, 6.07) is 2.62. The van der Waals surface area contributed by atoms with Crippen LogP contribution < -0.4 is 4.72 Å². The van der Waals surface area contributed by atoms with E-state index in [2.05, 4.69) is 4.72 Å². The Bertz CT molecular complexity index is 500. The Morgan fingerprint density at radius 3 is 2.38 bits per heavy atom. The molecule has 0 amide bonds. The van der Waals surface area contributed by atoms with Crippen molar-refractivity contribution in [3.8, 4) is 5.75 Å². The summed E-state index contributed by atoms with van der Waals surface area (Å²) in [5.41, 5.74) is -0.0220. The summed E-state index contributed by atoms with van der Waals surface area (Å²) in [6.07, 6.45) is 0. The van der Waals surface area contributed by atoms with Crippen LogP contribution in [0.1, 0.15) is 13.8 Å². The van der Waals surface area contributed by atoms with Crippen LogP contribution in [0.3, 0.4) is 0 Å². The van der Waals surface area contributed by atoms with Crippen molar-refractivity contribution in [2.75, 3.05) is 4.72 Å². The van der Waals surface area contributed by atoms with Crippen molar-refractivity contribution >= 4 is 38.9 Å². The highest BCUT2D eigenvalue weighted by molar-refractivity contribution is 7.93. The second kappa shape index (κ2) is 4.69. The SMILES string of the molecule is CC(C)S(=O)(=O)Nc1cc(Cl)cc(Cl)c1O. The van der Waals surface area contributed by atoms with Gasteiger partial charge >= 0.3 is 0 Å². The predicted molar refractivity (Wildman–Crippen MR) is 65.8 cm³/mol. The van der Waals surface area contributed by atoms with E-state index >= 15 is 0 Å². The van der Waals surface area contributed by atoms with E-state index in [4.69, 9.17) is 23.2 Å². The van der Waals surface area contributed by atoms with Crippen LogP contribution in [0.15, 0.2) is 12.1 Å². The second-order valence-electron chi connectivity index (χ2n) is 3.48. The standard InChI is InChI=1S/C9H11Cl2NO3S/c1-5(2)16(14,15)12-8-4-6(10)3-7(11)9(8)13/h3-5,12-13H,1-2H3. The molecular formula is C9H11Cl2NO3S. The maximum Gasteiger partial charge on any atom is 0.235 e. The molecule has 0 fully saturated rings. The molecule has 0 aliphatic carbocycles. The number of rotatable bonds is 3. The number of sulfonamides is 1. The van der Waals surface area contributed by atoms with Gasteiger partial charge in [0.1, 0.15) is 0 Å². The van der Waals surface area contributed by atoms with E-state index in [0.717, 1.165) is 0 Å². The van der Waals surface area contributed by atoms with E-state index in [1.54, 1.807) is 0 Å². The number of hydrogen-bond donors (Lipinski definition) is 2. The third kappa shape index (κ3) is 2.93. The molecular weight excluding hydrogens is 273 g/mol. The van der Waals surface area contributed by atoms with Gasteiger partial charge in [0, 0.05) is 5.02 Å². The fourth-order valence-corrected chi connectivity index (χ4v) is 2.11. The quantitative estimate of drug-likeness (QED) is 0.839. The van der Waals surface area contributed by atoms with Crippen LogP contribution in [0.2, 0.25) is 10.0 Å². The van der Waals surface area contributed by atoms with Gasteiger partial charge in [0.15, 0.2) is 5.75 Å². The largest absolute Gasteiger partial charge is 0.504 e. The normalized spacial score (nSPS) is 11.8. The second-order valence-corrected chi connectivity index (χ2v) is 6.56. The highest BCUT2D eigenvalue weighted by atomic mass is 35.5. The first kappa shape index (κ1) is 13.4.